The van der Waals surface area contributed by atoms with E-state index in [9.17, 15) is 10.0 Å². The van der Waals surface area contributed by atoms with Crippen molar-refractivity contribution in [1.82, 2.24) is 4.98 Å². The van der Waals surface area contributed by atoms with E-state index in [2.05, 4.69) is 23.3 Å². The number of amides is 1. The molecule has 0 saturated carbocycles. The number of anilines is 1. The molecule has 1 aromatic carbocycles. The molecule has 2 heterocycles. The summed E-state index contributed by atoms with van der Waals surface area (Å²) in [6, 6.07) is 9.19. The van der Waals surface area contributed by atoms with Gasteiger partial charge in [0.15, 0.2) is 17.5 Å². The van der Waals surface area contributed by atoms with Crippen molar-refractivity contribution >= 4 is 32.6 Å². The van der Waals surface area contributed by atoms with Gasteiger partial charge in [0.2, 0.25) is 0 Å². The Morgan fingerprint density at radius 2 is 2.29 bits per heavy atom. The molecule has 1 amide bonds. The van der Waals surface area contributed by atoms with E-state index >= 15 is 0 Å². The van der Waals surface area contributed by atoms with Crippen molar-refractivity contribution in [2.75, 3.05) is 5.32 Å². The number of nitrogens with zero attached hydrogens (tertiary/aromatic N) is 2. The van der Waals surface area contributed by atoms with Crippen LogP contribution in [0.5, 0.6) is 0 Å². The Labute approximate surface area is 125 Å². The summed E-state index contributed by atoms with van der Waals surface area (Å²) in [5.74, 6) is -0.338. The molecular weight excluding hydrogens is 286 g/mol. The number of rotatable bonds is 3. The number of aryl methyl sites for hydroxylation is 1. The van der Waals surface area contributed by atoms with Gasteiger partial charge in [0.25, 0.3) is 5.91 Å². The fraction of sp³-hybridized carbons (Fsp3) is 0.133. The summed E-state index contributed by atoms with van der Waals surface area (Å²) in [6.07, 6.45) is 3.53. The summed E-state index contributed by atoms with van der Waals surface area (Å²) in [5.41, 5.74) is 2.40. The molecule has 0 fully saturated rings. The van der Waals surface area contributed by atoms with Crippen molar-refractivity contribution in [2.24, 2.45) is 0 Å². The summed E-state index contributed by atoms with van der Waals surface area (Å²) in [6.45, 7) is 2.10. The van der Waals surface area contributed by atoms with E-state index in [0.717, 1.165) is 16.6 Å². The summed E-state index contributed by atoms with van der Waals surface area (Å²) in [5, 5.41) is 14.4. The Bertz CT molecular complexity index is 814. The molecule has 0 aliphatic carbocycles. The van der Waals surface area contributed by atoms with Gasteiger partial charge in [-0.25, -0.2) is 4.98 Å². The molecule has 0 aliphatic heterocycles. The van der Waals surface area contributed by atoms with Crippen LogP contribution in [0, 0.1) is 5.21 Å². The Balaban J connectivity index is 1.86. The zero-order chi connectivity index (χ0) is 14.8. The first-order chi connectivity index (χ1) is 10.2. The highest BCUT2D eigenvalue weighted by Gasteiger charge is 2.12. The fourth-order valence-electron chi connectivity index (χ4n) is 2.00. The molecule has 0 unspecified atom stereocenters. The summed E-state index contributed by atoms with van der Waals surface area (Å²) in [7, 11) is 0. The Hall–Kier alpha value is -2.47. The van der Waals surface area contributed by atoms with Gasteiger partial charge >= 0.3 is 0 Å². The van der Waals surface area contributed by atoms with Crippen LogP contribution in [0.3, 0.4) is 0 Å². The van der Waals surface area contributed by atoms with Crippen LogP contribution in [0.25, 0.3) is 10.2 Å². The zero-order valence-electron chi connectivity index (χ0n) is 11.4. The molecule has 1 N–H and O–H groups in total. The number of nitrogens with one attached hydrogen (secondary N) is 1. The number of aromatic nitrogens is 2. The van der Waals surface area contributed by atoms with Crippen molar-refractivity contribution in [1.29, 1.82) is 0 Å². The molecule has 5 nitrogen and oxygen atoms in total. The first kappa shape index (κ1) is 13.5. The molecule has 3 rings (SSSR count). The van der Waals surface area contributed by atoms with Crippen molar-refractivity contribution in [3.8, 4) is 0 Å². The number of hydrogen-bond acceptors (Lipinski definition) is 4. The lowest BCUT2D eigenvalue weighted by molar-refractivity contribution is -0.605. The average molecular weight is 299 g/mol. The lowest BCUT2D eigenvalue weighted by Crippen LogP contribution is -2.27. The predicted octanol–water partition coefficient (Wildman–Crippen LogP) is 2.74. The van der Waals surface area contributed by atoms with Gasteiger partial charge in [0.05, 0.1) is 10.2 Å². The summed E-state index contributed by atoms with van der Waals surface area (Å²) < 4.78 is 1.64. The van der Waals surface area contributed by atoms with Crippen molar-refractivity contribution in [3.63, 3.8) is 0 Å². The fourth-order valence-corrected chi connectivity index (χ4v) is 2.93. The minimum atomic E-state index is -0.338. The first-order valence-electron chi connectivity index (χ1n) is 6.55. The lowest BCUT2D eigenvalue weighted by atomic mass is 10.2. The van der Waals surface area contributed by atoms with Crippen molar-refractivity contribution < 1.29 is 9.52 Å². The van der Waals surface area contributed by atoms with Crippen LogP contribution in [-0.2, 0) is 6.42 Å². The number of fused-ring (bicyclic) bond motifs is 1. The van der Waals surface area contributed by atoms with E-state index in [-0.39, 0.29) is 5.91 Å². The summed E-state index contributed by atoms with van der Waals surface area (Å²) >= 11 is 1.43. The maximum absolute atomic E-state index is 12.1. The average Bonchev–Trinajstić information content (AvgIpc) is 2.88. The zero-order valence-corrected chi connectivity index (χ0v) is 12.2. The van der Waals surface area contributed by atoms with Crippen LogP contribution in [0.15, 0.2) is 42.7 Å². The second kappa shape index (κ2) is 5.49. The molecule has 6 heteroatoms. The van der Waals surface area contributed by atoms with E-state index in [1.807, 2.05) is 12.1 Å². The van der Waals surface area contributed by atoms with E-state index in [1.165, 1.54) is 35.4 Å². The molecule has 0 aliphatic rings. The second-order valence-electron chi connectivity index (χ2n) is 4.58. The molecule has 0 radical (unpaired) electrons. The largest absolute Gasteiger partial charge is 0.619 e. The molecule has 2 aromatic heterocycles. The minimum Gasteiger partial charge on any atom is -0.619 e. The van der Waals surface area contributed by atoms with Crippen LogP contribution in [0.4, 0.5) is 5.13 Å². The third-order valence-electron chi connectivity index (χ3n) is 3.12. The Morgan fingerprint density at radius 3 is 3.05 bits per heavy atom. The van der Waals surface area contributed by atoms with Gasteiger partial charge in [-0.3, -0.25) is 10.1 Å². The molecule has 0 spiro atoms. The number of benzene rings is 1. The monoisotopic (exact) mass is 299 g/mol. The molecular formula is C15H13N3O2S. The first-order valence-corrected chi connectivity index (χ1v) is 7.37. The van der Waals surface area contributed by atoms with Gasteiger partial charge in [-0.15, -0.1) is 0 Å². The molecule has 3 aromatic rings. The number of carbonyl (C=O) groups is 1. The van der Waals surface area contributed by atoms with Crippen LogP contribution >= 0.6 is 11.3 Å². The predicted molar refractivity (Wildman–Crippen MR) is 82.4 cm³/mol. The van der Waals surface area contributed by atoms with Crippen molar-refractivity contribution in [2.45, 2.75) is 13.3 Å². The van der Waals surface area contributed by atoms with Gasteiger partial charge in [0, 0.05) is 6.07 Å². The molecule has 106 valence electrons. The minimum absolute atomic E-state index is 0.306. The van der Waals surface area contributed by atoms with Crippen LogP contribution in [0.2, 0.25) is 0 Å². The molecule has 0 atom stereocenters. The lowest BCUT2D eigenvalue weighted by Gasteiger charge is -2.01. The highest BCUT2D eigenvalue weighted by atomic mass is 32.1. The Kier molecular flexibility index (Phi) is 3.53. The summed E-state index contributed by atoms with van der Waals surface area (Å²) in [4.78, 5) is 16.4. The van der Waals surface area contributed by atoms with Gasteiger partial charge in [-0.2, -0.15) is 4.73 Å². The van der Waals surface area contributed by atoms with Gasteiger partial charge in [0.1, 0.15) is 5.56 Å². The van der Waals surface area contributed by atoms with E-state index in [0.29, 0.717) is 15.4 Å². The normalized spacial score (nSPS) is 10.7. The van der Waals surface area contributed by atoms with E-state index in [1.54, 1.807) is 6.07 Å². The SMILES string of the molecule is CCc1ccc2nc(NC(=O)c3ccc[n+]([O-])c3)sc2c1. The van der Waals surface area contributed by atoms with Gasteiger partial charge in [-0.05, 0) is 30.2 Å². The molecule has 0 saturated heterocycles. The number of pyridine rings is 1. The third kappa shape index (κ3) is 2.85. The number of thiazole rings is 1. The van der Waals surface area contributed by atoms with Crippen molar-refractivity contribution in [3.05, 3.63) is 59.1 Å². The Morgan fingerprint density at radius 1 is 1.43 bits per heavy atom. The smallest absolute Gasteiger partial charge is 0.263 e. The molecule has 0 bridgehead atoms. The number of hydrogen-bond donors (Lipinski definition) is 1. The van der Waals surface area contributed by atoms with E-state index in [4.69, 9.17) is 0 Å². The highest BCUT2D eigenvalue weighted by Crippen LogP contribution is 2.27. The quantitative estimate of drug-likeness (QED) is 0.597. The van der Waals surface area contributed by atoms with E-state index < -0.39 is 0 Å². The highest BCUT2D eigenvalue weighted by molar-refractivity contribution is 7.22. The van der Waals surface area contributed by atoms with Gasteiger partial charge in [-0.1, -0.05) is 24.3 Å². The standard InChI is InChI=1S/C15H13N3O2S/c1-2-10-5-6-12-13(8-10)21-15(16-12)17-14(19)11-4-3-7-18(20)9-11/h3-9H,2H2,1H3,(H,16,17,19). The maximum Gasteiger partial charge on any atom is 0.263 e. The molecule has 21 heavy (non-hydrogen) atoms. The topological polar surface area (TPSA) is 68.9 Å². The van der Waals surface area contributed by atoms with Crippen LogP contribution < -0.4 is 10.0 Å². The second-order valence-corrected chi connectivity index (χ2v) is 5.61. The number of carbonyl (C=O) groups excluding carboxylic acids is 1. The van der Waals surface area contributed by atoms with Crippen LogP contribution in [0.1, 0.15) is 22.8 Å². The van der Waals surface area contributed by atoms with Crippen LogP contribution in [-0.4, -0.2) is 10.9 Å². The van der Waals surface area contributed by atoms with Gasteiger partial charge < -0.3 is 5.21 Å². The third-order valence-corrected chi connectivity index (χ3v) is 4.05. The maximum atomic E-state index is 12.1.